The van der Waals surface area contributed by atoms with Crippen LogP contribution >= 0.6 is 11.8 Å². The third-order valence-corrected chi connectivity index (χ3v) is 9.38. The second kappa shape index (κ2) is 35.5. The van der Waals surface area contributed by atoms with Gasteiger partial charge in [0.25, 0.3) is 0 Å². The van der Waals surface area contributed by atoms with Crippen LogP contribution in [0.1, 0.15) is 200 Å². The van der Waals surface area contributed by atoms with Crippen LogP contribution in [0.15, 0.2) is 0 Å². The predicted molar refractivity (Wildman–Crippen MR) is 182 cm³/mol. The van der Waals surface area contributed by atoms with Gasteiger partial charge in [0.05, 0.1) is 0 Å². The van der Waals surface area contributed by atoms with E-state index in [1.807, 2.05) is 0 Å². The van der Waals surface area contributed by atoms with Gasteiger partial charge in [-0.3, -0.25) is 9.59 Å². The minimum Gasteiger partial charge on any atom is -0.481 e. The molecule has 0 spiro atoms. The number of carbonyl (C=O) groups is 2. The lowest BCUT2D eigenvalue weighted by Crippen LogP contribution is -2.23. The zero-order valence-electron chi connectivity index (χ0n) is 27.5. The highest BCUT2D eigenvalue weighted by Crippen LogP contribution is 2.15. The van der Waals surface area contributed by atoms with Gasteiger partial charge >= 0.3 is 5.97 Å². The normalized spacial score (nSPS) is 11.2. The standard InChI is InChI=1S/C36H71NO3S/c1-2-3-4-5-6-7-13-18-23-28-33-41-34-29-24-19-14-9-8-10-15-20-25-30-35(38)37-32-27-22-17-12-11-16-21-26-31-36(39)40/h2-34H2,1H3,(H,37,38)(H,39,40). The largest absolute Gasteiger partial charge is 0.481 e. The molecule has 1 amide bonds. The molecule has 0 radical (unpaired) electrons. The molecule has 0 aromatic carbocycles. The van der Waals surface area contributed by atoms with E-state index in [4.69, 9.17) is 5.11 Å². The summed E-state index contributed by atoms with van der Waals surface area (Å²) in [6.45, 7) is 3.11. The smallest absolute Gasteiger partial charge is 0.303 e. The van der Waals surface area contributed by atoms with E-state index < -0.39 is 5.97 Å². The van der Waals surface area contributed by atoms with Crippen LogP contribution in [-0.2, 0) is 9.59 Å². The number of carboxylic acids is 1. The van der Waals surface area contributed by atoms with Gasteiger partial charge < -0.3 is 10.4 Å². The van der Waals surface area contributed by atoms with Crippen molar-refractivity contribution in [3.05, 3.63) is 0 Å². The molecule has 4 nitrogen and oxygen atoms in total. The fourth-order valence-electron chi connectivity index (χ4n) is 5.48. The van der Waals surface area contributed by atoms with Crippen molar-refractivity contribution in [2.45, 2.75) is 200 Å². The molecule has 0 atom stereocenters. The average Bonchev–Trinajstić information content (AvgIpc) is 2.96. The fourth-order valence-corrected chi connectivity index (χ4v) is 6.50. The predicted octanol–water partition coefficient (Wildman–Crippen LogP) is 11.6. The Kier molecular flexibility index (Phi) is 34.9. The number of hydrogen-bond acceptors (Lipinski definition) is 3. The molecule has 5 heteroatoms. The topological polar surface area (TPSA) is 66.4 Å². The summed E-state index contributed by atoms with van der Waals surface area (Å²) in [7, 11) is 0. The van der Waals surface area contributed by atoms with Crippen LogP contribution in [0, 0.1) is 0 Å². The maximum atomic E-state index is 12.0. The minimum atomic E-state index is -0.683. The first-order valence-corrected chi connectivity index (χ1v) is 19.4. The molecule has 0 bridgehead atoms. The molecule has 41 heavy (non-hydrogen) atoms. The van der Waals surface area contributed by atoms with Crippen molar-refractivity contribution in [1.29, 1.82) is 0 Å². The second-order valence-corrected chi connectivity index (χ2v) is 13.6. The Hall–Kier alpha value is -0.710. The first-order chi connectivity index (χ1) is 20.2. The van der Waals surface area contributed by atoms with Gasteiger partial charge in [0.1, 0.15) is 0 Å². The van der Waals surface area contributed by atoms with Crippen LogP contribution in [0.2, 0.25) is 0 Å². The molecule has 0 heterocycles. The van der Waals surface area contributed by atoms with Crippen LogP contribution in [0.5, 0.6) is 0 Å². The number of thioether (sulfide) groups is 1. The van der Waals surface area contributed by atoms with E-state index >= 15 is 0 Å². The lowest BCUT2D eigenvalue weighted by Gasteiger charge is -2.06. The summed E-state index contributed by atoms with van der Waals surface area (Å²) in [6, 6.07) is 0. The molecule has 0 aliphatic heterocycles. The zero-order valence-corrected chi connectivity index (χ0v) is 28.3. The van der Waals surface area contributed by atoms with Gasteiger partial charge in [-0.2, -0.15) is 11.8 Å². The average molecular weight is 598 g/mol. The first-order valence-electron chi connectivity index (χ1n) is 18.2. The number of amides is 1. The summed E-state index contributed by atoms with van der Waals surface area (Å²) in [4.78, 5) is 22.5. The molecule has 0 unspecified atom stereocenters. The quantitative estimate of drug-likeness (QED) is 0.0713. The van der Waals surface area contributed by atoms with E-state index in [-0.39, 0.29) is 5.91 Å². The summed E-state index contributed by atoms with van der Waals surface area (Å²) in [6.07, 6.45) is 37.4. The highest BCUT2D eigenvalue weighted by molar-refractivity contribution is 7.99. The second-order valence-electron chi connectivity index (χ2n) is 12.4. The number of unbranched alkanes of at least 4 members (excludes halogenated alkanes) is 25. The number of aliphatic carboxylic acids is 1. The van der Waals surface area contributed by atoms with E-state index in [1.54, 1.807) is 0 Å². The number of nitrogens with one attached hydrogen (secondary N) is 1. The molecule has 0 aliphatic carbocycles. The first kappa shape index (κ1) is 40.3. The molecule has 0 aliphatic rings. The van der Waals surface area contributed by atoms with Gasteiger partial charge in [0.15, 0.2) is 0 Å². The molecule has 0 aromatic heterocycles. The Bertz CT molecular complexity index is 543. The lowest BCUT2D eigenvalue weighted by atomic mass is 10.1. The zero-order chi connectivity index (χ0) is 29.9. The molecule has 0 rings (SSSR count). The van der Waals surface area contributed by atoms with Crippen LogP contribution in [-0.4, -0.2) is 35.0 Å². The van der Waals surface area contributed by atoms with E-state index in [9.17, 15) is 9.59 Å². The lowest BCUT2D eigenvalue weighted by molar-refractivity contribution is -0.137. The number of hydrogen-bond donors (Lipinski definition) is 2. The summed E-state index contributed by atoms with van der Waals surface area (Å²) >= 11 is 2.18. The Balaban J connectivity index is 3.14. The molecular weight excluding hydrogens is 526 g/mol. The van der Waals surface area contributed by atoms with Crippen molar-refractivity contribution < 1.29 is 14.7 Å². The molecule has 244 valence electrons. The third kappa shape index (κ3) is 37.3. The van der Waals surface area contributed by atoms with Gasteiger partial charge in [-0.15, -0.1) is 0 Å². The Morgan fingerprint density at radius 3 is 1.22 bits per heavy atom. The fraction of sp³-hybridized carbons (Fsp3) is 0.944. The van der Waals surface area contributed by atoms with Crippen molar-refractivity contribution in [1.82, 2.24) is 5.32 Å². The van der Waals surface area contributed by atoms with Crippen LogP contribution in [0.3, 0.4) is 0 Å². The van der Waals surface area contributed by atoms with Crippen LogP contribution in [0.4, 0.5) is 0 Å². The molecule has 0 saturated carbocycles. The minimum absolute atomic E-state index is 0.227. The Labute approximate surface area is 260 Å². The molecule has 0 fully saturated rings. The summed E-state index contributed by atoms with van der Waals surface area (Å²) in [5, 5.41) is 11.7. The number of carbonyl (C=O) groups excluding carboxylic acids is 1. The SMILES string of the molecule is CCCCCCCCCCCCSCCCCCCCCCCCCC(=O)NCCCCCCCCCCC(=O)O. The van der Waals surface area contributed by atoms with Crippen molar-refractivity contribution in [2.24, 2.45) is 0 Å². The molecule has 0 saturated heterocycles. The third-order valence-electron chi connectivity index (χ3n) is 8.22. The van der Waals surface area contributed by atoms with Gasteiger partial charge in [-0.1, -0.05) is 155 Å². The maximum Gasteiger partial charge on any atom is 0.303 e. The van der Waals surface area contributed by atoms with E-state index in [1.165, 1.54) is 159 Å². The van der Waals surface area contributed by atoms with Crippen molar-refractivity contribution in [3.63, 3.8) is 0 Å². The highest BCUT2D eigenvalue weighted by atomic mass is 32.2. The summed E-state index contributed by atoms with van der Waals surface area (Å²) in [5.41, 5.74) is 0. The van der Waals surface area contributed by atoms with Gasteiger partial charge in [0, 0.05) is 19.4 Å². The molecule has 2 N–H and O–H groups in total. The maximum absolute atomic E-state index is 12.0. The van der Waals surface area contributed by atoms with Crippen LogP contribution < -0.4 is 5.32 Å². The number of rotatable bonds is 35. The highest BCUT2D eigenvalue weighted by Gasteiger charge is 2.01. The van der Waals surface area contributed by atoms with E-state index in [0.29, 0.717) is 12.8 Å². The van der Waals surface area contributed by atoms with Crippen LogP contribution in [0.25, 0.3) is 0 Å². The number of carboxylic acid groups (broad SMARTS) is 1. The monoisotopic (exact) mass is 598 g/mol. The summed E-state index contributed by atoms with van der Waals surface area (Å²) in [5.74, 6) is 2.28. The van der Waals surface area contributed by atoms with Crippen molar-refractivity contribution in [2.75, 3.05) is 18.1 Å². The summed E-state index contributed by atoms with van der Waals surface area (Å²) < 4.78 is 0. The molecular formula is C36H71NO3S. The van der Waals surface area contributed by atoms with Gasteiger partial charge in [0.2, 0.25) is 5.91 Å². The van der Waals surface area contributed by atoms with E-state index in [2.05, 4.69) is 24.0 Å². The van der Waals surface area contributed by atoms with E-state index in [0.717, 1.165) is 38.6 Å². The van der Waals surface area contributed by atoms with Crippen molar-refractivity contribution >= 4 is 23.6 Å². The molecule has 0 aromatic rings. The van der Waals surface area contributed by atoms with Crippen molar-refractivity contribution in [3.8, 4) is 0 Å². The Morgan fingerprint density at radius 1 is 0.463 bits per heavy atom. The Morgan fingerprint density at radius 2 is 0.805 bits per heavy atom. The van der Waals surface area contributed by atoms with Gasteiger partial charge in [-0.25, -0.2) is 0 Å². The van der Waals surface area contributed by atoms with Gasteiger partial charge in [-0.05, 0) is 43.6 Å².